The SMILES string of the molecule is O=C(Nc1ccc(OC2CCCC2)nc1)N1CCCOC(c2ccccc2)C1. The number of carbonyl (C=O) groups excluding carboxylic acids is 1. The van der Waals surface area contributed by atoms with Gasteiger partial charge in [0.15, 0.2) is 0 Å². The first-order chi connectivity index (χ1) is 13.8. The van der Waals surface area contributed by atoms with Gasteiger partial charge in [-0.25, -0.2) is 9.78 Å². The lowest BCUT2D eigenvalue weighted by molar-refractivity contribution is 0.0581. The number of hydrogen-bond donors (Lipinski definition) is 1. The molecule has 28 heavy (non-hydrogen) atoms. The maximum absolute atomic E-state index is 12.8. The van der Waals surface area contributed by atoms with Crippen LogP contribution in [0.3, 0.4) is 0 Å². The normalized spacial score (nSPS) is 20.6. The first-order valence-electron chi connectivity index (χ1n) is 10.1. The quantitative estimate of drug-likeness (QED) is 0.853. The highest BCUT2D eigenvalue weighted by atomic mass is 16.5. The minimum absolute atomic E-state index is 0.102. The van der Waals surface area contributed by atoms with E-state index in [9.17, 15) is 4.79 Å². The average molecular weight is 381 g/mol. The number of anilines is 1. The zero-order valence-corrected chi connectivity index (χ0v) is 16.0. The Labute approximate surface area is 165 Å². The van der Waals surface area contributed by atoms with Gasteiger partial charge in [-0.2, -0.15) is 0 Å². The number of pyridine rings is 1. The molecule has 1 saturated heterocycles. The van der Waals surface area contributed by atoms with Crippen molar-refractivity contribution in [3.63, 3.8) is 0 Å². The number of benzene rings is 1. The van der Waals surface area contributed by atoms with Crippen LogP contribution in [0.5, 0.6) is 5.88 Å². The van der Waals surface area contributed by atoms with E-state index in [1.807, 2.05) is 47.4 Å². The molecule has 2 fully saturated rings. The van der Waals surface area contributed by atoms with E-state index in [0.717, 1.165) is 24.8 Å². The summed E-state index contributed by atoms with van der Waals surface area (Å²) in [5.41, 5.74) is 1.77. The number of aromatic nitrogens is 1. The standard InChI is InChI=1S/C22H27N3O3/c26-22(24-18-11-12-21(23-15-18)28-19-9-4-5-10-19)25-13-6-14-27-20(16-25)17-7-2-1-3-8-17/h1-3,7-8,11-12,15,19-20H,4-6,9-10,13-14,16H2,(H,24,26). The highest BCUT2D eigenvalue weighted by Crippen LogP contribution is 2.24. The van der Waals surface area contributed by atoms with E-state index in [2.05, 4.69) is 10.3 Å². The third kappa shape index (κ3) is 4.81. The third-order valence-electron chi connectivity index (χ3n) is 5.31. The predicted molar refractivity (Wildman–Crippen MR) is 107 cm³/mol. The second-order valence-electron chi connectivity index (χ2n) is 7.41. The van der Waals surface area contributed by atoms with Crippen molar-refractivity contribution in [1.82, 2.24) is 9.88 Å². The molecule has 2 heterocycles. The maximum atomic E-state index is 12.8. The molecule has 1 atom stereocenters. The first-order valence-corrected chi connectivity index (χ1v) is 10.1. The molecule has 1 unspecified atom stereocenters. The van der Waals surface area contributed by atoms with Crippen LogP contribution >= 0.6 is 0 Å². The molecule has 2 aromatic rings. The molecule has 0 radical (unpaired) electrons. The Morgan fingerprint density at radius 3 is 2.68 bits per heavy atom. The molecular formula is C22H27N3O3. The molecule has 1 aromatic carbocycles. The Hall–Kier alpha value is -2.60. The molecule has 1 N–H and O–H groups in total. The number of hydrogen-bond acceptors (Lipinski definition) is 4. The van der Waals surface area contributed by atoms with E-state index in [0.29, 0.717) is 31.3 Å². The molecule has 0 spiro atoms. The van der Waals surface area contributed by atoms with Crippen molar-refractivity contribution in [2.45, 2.75) is 44.3 Å². The molecule has 0 bridgehead atoms. The smallest absolute Gasteiger partial charge is 0.321 e. The van der Waals surface area contributed by atoms with Gasteiger partial charge in [0.25, 0.3) is 0 Å². The van der Waals surface area contributed by atoms with Crippen LogP contribution in [0.15, 0.2) is 48.7 Å². The summed E-state index contributed by atoms with van der Waals surface area (Å²) < 4.78 is 11.8. The molecule has 1 aliphatic heterocycles. The Balaban J connectivity index is 1.35. The number of nitrogens with zero attached hydrogens (tertiary/aromatic N) is 2. The lowest BCUT2D eigenvalue weighted by atomic mass is 10.1. The van der Waals surface area contributed by atoms with Crippen LogP contribution in [0.2, 0.25) is 0 Å². The average Bonchev–Trinajstić information content (AvgIpc) is 3.11. The van der Waals surface area contributed by atoms with Gasteiger partial charge in [-0.15, -0.1) is 0 Å². The fourth-order valence-electron chi connectivity index (χ4n) is 3.78. The van der Waals surface area contributed by atoms with E-state index in [1.165, 1.54) is 12.8 Å². The Morgan fingerprint density at radius 2 is 1.93 bits per heavy atom. The molecule has 1 saturated carbocycles. The van der Waals surface area contributed by atoms with Crippen LogP contribution in [0.4, 0.5) is 10.5 Å². The van der Waals surface area contributed by atoms with Crippen LogP contribution in [-0.2, 0) is 4.74 Å². The minimum atomic E-state index is -0.127. The topological polar surface area (TPSA) is 63.7 Å². The van der Waals surface area contributed by atoms with Gasteiger partial charge in [0.05, 0.1) is 18.4 Å². The zero-order valence-electron chi connectivity index (χ0n) is 16.0. The number of amides is 2. The zero-order chi connectivity index (χ0) is 19.2. The van der Waals surface area contributed by atoms with Gasteiger partial charge >= 0.3 is 6.03 Å². The van der Waals surface area contributed by atoms with Crippen LogP contribution in [0.25, 0.3) is 0 Å². The second kappa shape index (κ2) is 9.06. The summed E-state index contributed by atoms with van der Waals surface area (Å²) in [4.78, 5) is 18.9. The van der Waals surface area contributed by atoms with Crippen molar-refractivity contribution in [1.29, 1.82) is 0 Å². The van der Waals surface area contributed by atoms with E-state index < -0.39 is 0 Å². The minimum Gasteiger partial charge on any atom is -0.474 e. The fourth-order valence-corrected chi connectivity index (χ4v) is 3.78. The number of urea groups is 1. The molecular weight excluding hydrogens is 354 g/mol. The third-order valence-corrected chi connectivity index (χ3v) is 5.31. The number of ether oxygens (including phenoxy) is 2. The lowest BCUT2D eigenvalue weighted by Crippen LogP contribution is -2.37. The molecule has 6 nitrogen and oxygen atoms in total. The number of carbonyl (C=O) groups is 1. The van der Waals surface area contributed by atoms with Gasteiger partial charge in [0, 0.05) is 19.2 Å². The number of nitrogens with one attached hydrogen (secondary N) is 1. The summed E-state index contributed by atoms with van der Waals surface area (Å²) in [6.07, 6.45) is 7.30. The van der Waals surface area contributed by atoms with E-state index in [-0.39, 0.29) is 18.2 Å². The second-order valence-corrected chi connectivity index (χ2v) is 7.41. The van der Waals surface area contributed by atoms with Crippen molar-refractivity contribution in [3.05, 3.63) is 54.2 Å². The Morgan fingerprint density at radius 1 is 1.11 bits per heavy atom. The Kier molecular flexibility index (Phi) is 6.07. The maximum Gasteiger partial charge on any atom is 0.321 e. The molecule has 1 aromatic heterocycles. The van der Waals surface area contributed by atoms with Gasteiger partial charge in [-0.3, -0.25) is 0 Å². The predicted octanol–water partition coefficient (Wildman–Crippen LogP) is 4.40. The van der Waals surface area contributed by atoms with Gasteiger partial charge in [-0.05, 0) is 43.7 Å². The molecule has 2 aliphatic rings. The summed E-state index contributed by atoms with van der Waals surface area (Å²) in [7, 11) is 0. The van der Waals surface area contributed by atoms with E-state index in [1.54, 1.807) is 6.20 Å². The number of rotatable bonds is 4. The lowest BCUT2D eigenvalue weighted by Gasteiger charge is -2.24. The van der Waals surface area contributed by atoms with Crippen LogP contribution in [0, 0.1) is 0 Å². The van der Waals surface area contributed by atoms with Crippen molar-refractivity contribution in [2.24, 2.45) is 0 Å². The van der Waals surface area contributed by atoms with Crippen molar-refractivity contribution in [3.8, 4) is 5.88 Å². The molecule has 2 amide bonds. The van der Waals surface area contributed by atoms with Gasteiger partial charge < -0.3 is 19.7 Å². The summed E-state index contributed by atoms with van der Waals surface area (Å²) in [5, 5.41) is 2.95. The Bertz CT molecular complexity index is 760. The van der Waals surface area contributed by atoms with E-state index in [4.69, 9.17) is 9.47 Å². The summed E-state index contributed by atoms with van der Waals surface area (Å²) in [6, 6.07) is 13.6. The molecule has 148 valence electrons. The molecule has 1 aliphatic carbocycles. The fraction of sp³-hybridized carbons (Fsp3) is 0.455. The highest BCUT2D eigenvalue weighted by Gasteiger charge is 2.24. The summed E-state index contributed by atoms with van der Waals surface area (Å²) >= 11 is 0. The molecule has 4 rings (SSSR count). The van der Waals surface area contributed by atoms with Gasteiger partial charge in [0.2, 0.25) is 5.88 Å². The summed E-state index contributed by atoms with van der Waals surface area (Å²) in [6.45, 7) is 1.86. The van der Waals surface area contributed by atoms with Crippen LogP contribution in [0.1, 0.15) is 43.8 Å². The van der Waals surface area contributed by atoms with Crippen molar-refractivity contribution < 1.29 is 14.3 Å². The highest BCUT2D eigenvalue weighted by molar-refractivity contribution is 5.89. The molecule has 6 heteroatoms. The van der Waals surface area contributed by atoms with Gasteiger partial charge in [-0.1, -0.05) is 30.3 Å². The van der Waals surface area contributed by atoms with E-state index >= 15 is 0 Å². The largest absolute Gasteiger partial charge is 0.474 e. The van der Waals surface area contributed by atoms with Crippen LogP contribution < -0.4 is 10.1 Å². The summed E-state index contributed by atoms with van der Waals surface area (Å²) in [5.74, 6) is 0.622. The van der Waals surface area contributed by atoms with Crippen molar-refractivity contribution in [2.75, 3.05) is 25.0 Å². The van der Waals surface area contributed by atoms with Gasteiger partial charge in [0.1, 0.15) is 12.2 Å². The monoisotopic (exact) mass is 381 g/mol. The van der Waals surface area contributed by atoms with Crippen molar-refractivity contribution >= 4 is 11.7 Å². The van der Waals surface area contributed by atoms with Crippen LogP contribution in [-0.4, -0.2) is 41.7 Å². The first kappa shape index (κ1) is 18.7.